The maximum Gasteiger partial charge on any atom is 0.255 e. The van der Waals surface area contributed by atoms with Gasteiger partial charge in [0.25, 0.3) is 5.91 Å². The summed E-state index contributed by atoms with van der Waals surface area (Å²) in [6, 6.07) is 14.5. The van der Waals surface area contributed by atoms with Crippen molar-refractivity contribution >= 4 is 5.91 Å². The molecule has 198 valence electrons. The lowest BCUT2D eigenvalue weighted by atomic mass is 9.73. The number of ether oxygens (including phenoxy) is 2. The van der Waals surface area contributed by atoms with Crippen molar-refractivity contribution in [2.75, 3.05) is 32.8 Å². The Hall–Kier alpha value is -3.28. The van der Waals surface area contributed by atoms with Gasteiger partial charge in [-0.25, -0.2) is 0 Å². The van der Waals surface area contributed by atoms with Crippen molar-refractivity contribution in [3.05, 3.63) is 53.6 Å². The summed E-state index contributed by atoms with van der Waals surface area (Å²) in [6.07, 6.45) is 5.81. The van der Waals surface area contributed by atoms with Crippen molar-refractivity contribution in [3.8, 4) is 23.3 Å². The van der Waals surface area contributed by atoms with Gasteiger partial charge in [-0.1, -0.05) is 18.2 Å². The van der Waals surface area contributed by atoms with Gasteiger partial charge in [0.1, 0.15) is 5.75 Å². The second kappa shape index (κ2) is 12.3. The molecule has 8 heteroatoms. The number of phenols is 1. The number of hydrogen-bond acceptors (Lipinski definition) is 7. The Morgan fingerprint density at radius 3 is 2.57 bits per heavy atom. The van der Waals surface area contributed by atoms with Gasteiger partial charge in [0.2, 0.25) is 0 Å². The lowest BCUT2D eigenvalue weighted by Gasteiger charge is -2.41. The number of rotatable bonds is 10. The van der Waals surface area contributed by atoms with Crippen LogP contribution in [0.15, 0.2) is 42.5 Å². The highest BCUT2D eigenvalue weighted by atomic mass is 16.5. The van der Waals surface area contributed by atoms with E-state index < -0.39 is 5.41 Å². The number of aromatic hydroxyl groups is 1. The fraction of sp³-hybridized carbons (Fsp3) is 0.517. The Bertz CT molecular complexity index is 1100. The number of aliphatic hydroxyl groups excluding tert-OH is 1. The first-order valence-electron chi connectivity index (χ1n) is 13.3. The quantitative estimate of drug-likeness (QED) is 0.449. The number of nitrogens with one attached hydrogen (secondary N) is 1. The molecule has 1 aliphatic carbocycles. The van der Waals surface area contributed by atoms with Crippen molar-refractivity contribution in [1.29, 1.82) is 5.26 Å². The third-order valence-electron chi connectivity index (χ3n) is 7.63. The van der Waals surface area contributed by atoms with Crippen molar-refractivity contribution < 1.29 is 24.5 Å². The third-order valence-corrected chi connectivity index (χ3v) is 7.63. The molecule has 3 N–H and O–H groups in total. The maximum atomic E-state index is 12.5. The molecule has 1 amide bonds. The summed E-state index contributed by atoms with van der Waals surface area (Å²) in [4.78, 5) is 14.6. The number of piperidine rings is 1. The van der Waals surface area contributed by atoms with E-state index in [2.05, 4.69) is 16.3 Å². The minimum absolute atomic E-state index is 0.0797. The van der Waals surface area contributed by atoms with Crippen molar-refractivity contribution in [1.82, 2.24) is 10.2 Å². The van der Waals surface area contributed by atoms with Crippen LogP contribution in [0.5, 0.6) is 17.2 Å². The molecule has 1 saturated heterocycles. The molecule has 37 heavy (non-hydrogen) atoms. The first-order valence-corrected chi connectivity index (χ1v) is 13.3. The number of nitriles is 1. The second-order valence-corrected chi connectivity index (χ2v) is 9.91. The molecular weight excluding hydrogens is 470 g/mol. The number of carbonyl (C=O) groups excluding carboxylic acids is 1. The Labute approximate surface area is 218 Å². The minimum Gasteiger partial charge on any atom is -0.507 e. The van der Waals surface area contributed by atoms with E-state index in [1.165, 1.54) is 18.9 Å². The first-order chi connectivity index (χ1) is 18.0. The number of hydrogen-bond donors (Lipinski definition) is 3. The highest BCUT2D eigenvalue weighted by Gasteiger charge is 2.39. The summed E-state index contributed by atoms with van der Waals surface area (Å²) in [5, 5.41) is 33.1. The van der Waals surface area contributed by atoms with Gasteiger partial charge in [-0.2, -0.15) is 5.26 Å². The van der Waals surface area contributed by atoms with Gasteiger partial charge in [-0.05, 0) is 75.3 Å². The monoisotopic (exact) mass is 507 g/mol. The largest absolute Gasteiger partial charge is 0.507 e. The Balaban J connectivity index is 1.42. The molecule has 4 rings (SSSR count). The molecule has 8 nitrogen and oxygen atoms in total. The molecule has 1 heterocycles. The number of benzene rings is 2. The molecule has 0 aromatic heterocycles. The first kappa shape index (κ1) is 26.8. The highest BCUT2D eigenvalue weighted by Crippen LogP contribution is 2.41. The van der Waals surface area contributed by atoms with Crippen LogP contribution in [-0.2, 0) is 5.41 Å². The molecule has 0 radical (unpaired) electrons. The SMILES string of the molecule is CCOc1ccc(C2(C#N)CCN(C(CO)CNC(=O)c3ccccc3O)CC2)cc1OC1CCCC1. The molecule has 2 aromatic carbocycles. The van der Waals surface area contributed by atoms with Crippen LogP contribution in [0.2, 0.25) is 0 Å². The molecule has 2 aliphatic rings. The zero-order valence-corrected chi connectivity index (χ0v) is 21.5. The highest BCUT2D eigenvalue weighted by molar-refractivity contribution is 5.96. The maximum absolute atomic E-state index is 12.5. The number of aliphatic hydroxyl groups is 1. The summed E-state index contributed by atoms with van der Waals surface area (Å²) >= 11 is 0. The fourth-order valence-electron chi connectivity index (χ4n) is 5.37. The number of phenolic OH excluding ortho intramolecular Hbond substituents is 1. The smallest absolute Gasteiger partial charge is 0.255 e. The van der Waals surface area contributed by atoms with Crippen molar-refractivity contribution in [3.63, 3.8) is 0 Å². The van der Waals surface area contributed by atoms with E-state index in [-0.39, 0.29) is 42.5 Å². The minimum atomic E-state index is -0.659. The van der Waals surface area contributed by atoms with Gasteiger partial charge in [0.05, 0.1) is 42.4 Å². The van der Waals surface area contributed by atoms with Crippen LogP contribution < -0.4 is 14.8 Å². The zero-order chi connectivity index (χ0) is 26.3. The van der Waals surface area contributed by atoms with E-state index in [0.717, 1.165) is 18.4 Å². The van der Waals surface area contributed by atoms with Gasteiger partial charge in [-0.15, -0.1) is 0 Å². The molecule has 2 fully saturated rings. The van der Waals surface area contributed by atoms with E-state index in [1.807, 2.05) is 25.1 Å². The predicted molar refractivity (Wildman–Crippen MR) is 140 cm³/mol. The number of nitrogens with zero attached hydrogens (tertiary/aromatic N) is 2. The number of amides is 1. The van der Waals surface area contributed by atoms with E-state index in [1.54, 1.807) is 18.2 Å². The van der Waals surface area contributed by atoms with Crippen LogP contribution in [0, 0.1) is 11.3 Å². The van der Waals surface area contributed by atoms with Crippen LogP contribution >= 0.6 is 0 Å². The summed E-state index contributed by atoms with van der Waals surface area (Å²) < 4.78 is 12.1. The molecule has 1 atom stereocenters. The predicted octanol–water partition coefficient (Wildman–Crippen LogP) is 3.76. The fourth-order valence-corrected chi connectivity index (χ4v) is 5.37. The van der Waals surface area contributed by atoms with E-state index in [9.17, 15) is 20.3 Å². The Kier molecular flexibility index (Phi) is 8.91. The molecule has 1 aliphatic heterocycles. The lowest BCUT2D eigenvalue weighted by Crippen LogP contribution is -2.51. The molecule has 0 spiro atoms. The van der Waals surface area contributed by atoms with Gasteiger partial charge in [0, 0.05) is 19.6 Å². The van der Waals surface area contributed by atoms with Gasteiger partial charge in [0.15, 0.2) is 11.5 Å². The van der Waals surface area contributed by atoms with Crippen LogP contribution in [0.4, 0.5) is 0 Å². The van der Waals surface area contributed by atoms with Crippen LogP contribution in [-0.4, -0.2) is 66.0 Å². The van der Waals surface area contributed by atoms with Crippen LogP contribution in [0.3, 0.4) is 0 Å². The third kappa shape index (κ3) is 6.17. The van der Waals surface area contributed by atoms with Crippen LogP contribution in [0.25, 0.3) is 0 Å². The lowest BCUT2D eigenvalue weighted by molar-refractivity contribution is 0.0780. The molecule has 2 aromatic rings. The zero-order valence-electron chi connectivity index (χ0n) is 21.5. The van der Waals surface area contributed by atoms with Crippen molar-refractivity contribution in [2.24, 2.45) is 0 Å². The molecule has 0 bridgehead atoms. The van der Waals surface area contributed by atoms with E-state index >= 15 is 0 Å². The van der Waals surface area contributed by atoms with Crippen molar-refractivity contribution in [2.45, 2.75) is 63.0 Å². The average molecular weight is 508 g/mol. The number of carbonyl (C=O) groups is 1. The Morgan fingerprint density at radius 1 is 1.19 bits per heavy atom. The summed E-state index contributed by atoms with van der Waals surface area (Å²) in [5.41, 5.74) is 0.473. The van der Waals surface area contributed by atoms with Crippen LogP contribution in [0.1, 0.15) is 61.4 Å². The normalized spacial score (nSPS) is 18.6. The van der Waals surface area contributed by atoms with Gasteiger partial charge < -0.3 is 25.0 Å². The summed E-state index contributed by atoms with van der Waals surface area (Å²) in [5.74, 6) is 0.959. The average Bonchev–Trinajstić information content (AvgIpc) is 3.44. The number of para-hydroxylation sites is 1. The number of likely N-dealkylation sites (tertiary alicyclic amines) is 1. The topological polar surface area (TPSA) is 115 Å². The second-order valence-electron chi connectivity index (χ2n) is 9.91. The standard InChI is InChI=1S/C29H37N3O5/c1-2-36-26-12-11-21(17-27(26)37-23-7-3-4-8-23)29(20-30)13-15-32(16-14-29)22(19-33)18-31-28(35)24-9-5-6-10-25(24)34/h5-6,9-12,17,22-23,33-34H,2-4,7-8,13-16,18-19H2,1H3,(H,31,35). The Morgan fingerprint density at radius 2 is 1.92 bits per heavy atom. The summed E-state index contributed by atoms with van der Waals surface area (Å²) in [6.45, 7) is 3.83. The molecule has 1 unspecified atom stereocenters. The van der Waals surface area contributed by atoms with E-state index in [0.29, 0.717) is 44.0 Å². The van der Waals surface area contributed by atoms with Gasteiger partial charge >= 0.3 is 0 Å². The molecule has 1 saturated carbocycles. The molecular formula is C29H37N3O5. The summed E-state index contributed by atoms with van der Waals surface area (Å²) in [7, 11) is 0. The van der Waals surface area contributed by atoms with Gasteiger partial charge in [-0.3, -0.25) is 9.69 Å². The van der Waals surface area contributed by atoms with E-state index in [4.69, 9.17) is 9.47 Å².